The Morgan fingerprint density at radius 2 is 2.17 bits per heavy atom. The SMILES string of the molecule is Cc1ccc(/C=N/NC(=O)c2ccco2)c(C)c1. The molecule has 0 radical (unpaired) electrons. The van der Waals surface area contributed by atoms with Gasteiger partial charge in [0.1, 0.15) is 0 Å². The molecule has 0 saturated carbocycles. The van der Waals surface area contributed by atoms with Crippen LogP contribution in [0, 0.1) is 13.8 Å². The molecule has 0 aliphatic heterocycles. The fourth-order valence-corrected chi connectivity index (χ4v) is 1.59. The molecule has 0 aliphatic carbocycles. The maximum atomic E-state index is 11.5. The van der Waals surface area contributed by atoms with E-state index in [0.717, 1.165) is 11.1 Å². The lowest BCUT2D eigenvalue weighted by Crippen LogP contribution is -2.16. The molecule has 0 bridgehead atoms. The minimum atomic E-state index is -0.360. The second-order valence-electron chi connectivity index (χ2n) is 4.04. The number of nitrogens with zero attached hydrogens (tertiary/aromatic N) is 1. The Labute approximate surface area is 105 Å². The lowest BCUT2D eigenvalue weighted by atomic mass is 10.1. The number of rotatable bonds is 3. The zero-order chi connectivity index (χ0) is 13.0. The minimum Gasteiger partial charge on any atom is -0.459 e. The van der Waals surface area contributed by atoms with E-state index in [0.29, 0.717) is 0 Å². The molecule has 0 atom stereocenters. The molecule has 0 unspecified atom stereocenters. The third-order valence-electron chi connectivity index (χ3n) is 2.54. The van der Waals surface area contributed by atoms with Crippen molar-refractivity contribution in [3.8, 4) is 0 Å². The number of nitrogens with one attached hydrogen (secondary N) is 1. The Balaban J connectivity index is 2.01. The molecule has 0 saturated heterocycles. The molecule has 2 rings (SSSR count). The number of hydrazone groups is 1. The van der Waals surface area contributed by atoms with Gasteiger partial charge in [-0.05, 0) is 37.1 Å². The van der Waals surface area contributed by atoms with Crippen LogP contribution in [-0.4, -0.2) is 12.1 Å². The number of carbonyl (C=O) groups is 1. The van der Waals surface area contributed by atoms with Gasteiger partial charge in [-0.2, -0.15) is 5.10 Å². The minimum absolute atomic E-state index is 0.243. The topological polar surface area (TPSA) is 54.6 Å². The van der Waals surface area contributed by atoms with Crippen LogP contribution in [0.15, 0.2) is 46.1 Å². The molecule has 1 aromatic carbocycles. The first-order valence-corrected chi connectivity index (χ1v) is 5.61. The number of furan rings is 1. The Morgan fingerprint density at radius 3 is 2.83 bits per heavy atom. The van der Waals surface area contributed by atoms with Crippen LogP contribution in [0.3, 0.4) is 0 Å². The van der Waals surface area contributed by atoms with E-state index in [4.69, 9.17) is 4.42 Å². The molecule has 2 aromatic rings. The molecule has 4 nitrogen and oxygen atoms in total. The Bertz CT molecular complexity index is 571. The van der Waals surface area contributed by atoms with Gasteiger partial charge in [0.25, 0.3) is 0 Å². The van der Waals surface area contributed by atoms with Crippen LogP contribution in [0.1, 0.15) is 27.2 Å². The number of hydrogen-bond donors (Lipinski definition) is 1. The Kier molecular flexibility index (Phi) is 3.57. The third kappa shape index (κ3) is 2.85. The fraction of sp³-hybridized carbons (Fsp3) is 0.143. The Hall–Kier alpha value is -2.36. The summed E-state index contributed by atoms with van der Waals surface area (Å²) in [5.41, 5.74) is 5.70. The van der Waals surface area contributed by atoms with Gasteiger partial charge >= 0.3 is 5.91 Å². The van der Waals surface area contributed by atoms with Crippen molar-refractivity contribution in [2.75, 3.05) is 0 Å². The second kappa shape index (κ2) is 5.31. The summed E-state index contributed by atoms with van der Waals surface area (Å²) in [6.07, 6.45) is 3.07. The number of amides is 1. The van der Waals surface area contributed by atoms with Crippen molar-refractivity contribution in [2.45, 2.75) is 13.8 Å². The van der Waals surface area contributed by atoms with Crippen LogP contribution < -0.4 is 5.43 Å². The van der Waals surface area contributed by atoms with Gasteiger partial charge in [-0.15, -0.1) is 0 Å². The summed E-state index contributed by atoms with van der Waals surface area (Å²) >= 11 is 0. The van der Waals surface area contributed by atoms with Gasteiger partial charge in [0.2, 0.25) is 0 Å². The molecule has 92 valence electrons. The summed E-state index contributed by atoms with van der Waals surface area (Å²) in [4.78, 5) is 11.5. The summed E-state index contributed by atoms with van der Waals surface area (Å²) in [5.74, 6) is -0.117. The van der Waals surface area contributed by atoms with Crippen LogP contribution in [0.5, 0.6) is 0 Å². The van der Waals surface area contributed by atoms with E-state index in [9.17, 15) is 4.79 Å². The summed E-state index contributed by atoms with van der Waals surface area (Å²) in [7, 11) is 0. The number of hydrogen-bond acceptors (Lipinski definition) is 3. The highest BCUT2D eigenvalue weighted by molar-refractivity contribution is 5.92. The molecule has 0 spiro atoms. The van der Waals surface area contributed by atoms with E-state index >= 15 is 0 Å². The molecule has 4 heteroatoms. The van der Waals surface area contributed by atoms with Crippen LogP contribution >= 0.6 is 0 Å². The van der Waals surface area contributed by atoms with Crippen molar-refractivity contribution < 1.29 is 9.21 Å². The lowest BCUT2D eigenvalue weighted by Gasteiger charge is -2.01. The quantitative estimate of drug-likeness (QED) is 0.664. The van der Waals surface area contributed by atoms with Crippen LogP contribution in [0.2, 0.25) is 0 Å². The Morgan fingerprint density at radius 1 is 1.33 bits per heavy atom. The highest BCUT2D eigenvalue weighted by Crippen LogP contribution is 2.08. The largest absolute Gasteiger partial charge is 0.459 e. The zero-order valence-corrected chi connectivity index (χ0v) is 10.3. The highest BCUT2D eigenvalue weighted by Gasteiger charge is 2.05. The van der Waals surface area contributed by atoms with Gasteiger partial charge < -0.3 is 4.42 Å². The van der Waals surface area contributed by atoms with Crippen molar-refractivity contribution in [3.63, 3.8) is 0 Å². The predicted octanol–water partition coefficient (Wildman–Crippen LogP) is 2.66. The first-order valence-electron chi connectivity index (χ1n) is 5.61. The van der Waals surface area contributed by atoms with E-state index in [1.807, 2.05) is 26.0 Å². The maximum Gasteiger partial charge on any atom is 0.307 e. The second-order valence-corrected chi connectivity index (χ2v) is 4.04. The zero-order valence-electron chi connectivity index (χ0n) is 10.3. The van der Waals surface area contributed by atoms with Crippen LogP contribution in [-0.2, 0) is 0 Å². The van der Waals surface area contributed by atoms with Crippen molar-refractivity contribution in [3.05, 3.63) is 59.0 Å². The number of aryl methyl sites for hydroxylation is 2. The number of benzene rings is 1. The molecule has 0 fully saturated rings. The summed E-state index contributed by atoms with van der Waals surface area (Å²) in [6, 6.07) is 9.27. The molecule has 1 N–H and O–H groups in total. The van der Waals surface area contributed by atoms with Crippen molar-refractivity contribution in [1.29, 1.82) is 0 Å². The predicted molar refractivity (Wildman–Crippen MR) is 69.7 cm³/mol. The first kappa shape index (κ1) is 12.1. The third-order valence-corrected chi connectivity index (χ3v) is 2.54. The summed E-state index contributed by atoms with van der Waals surface area (Å²) < 4.78 is 4.95. The summed E-state index contributed by atoms with van der Waals surface area (Å²) in [5, 5.41) is 3.90. The van der Waals surface area contributed by atoms with Crippen LogP contribution in [0.25, 0.3) is 0 Å². The van der Waals surface area contributed by atoms with E-state index in [1.54, 1.807) is 18.3 Å². The lowest BCUT2D eigenvalue weighted by molar-refractivity contribution is 0.0927. The molecule has 0 aliphatic rings. The molecule has 1 amide bonds. The van der Waals surface area contributed by atoms with E-state index in [2.05, 4.69) is 16.6 Å². The molecule has 1 heterocycles. The van der Waals surface area contributed by atoms with Crippen molar-refractivity contribution in [1.82, 2.24) is 5.43 Å². The van der Waals surface area contributed by atoms with Gasteiger partial charge in [0, 0.05) is 0 Å². The van der Waals surface area contributed by atoms with Gasteiger partial charge in [-0.1, -0.05) is 23.8 Å². The van der Waals surface area contributed by atoms with Crippen molar-refractivity contribution in [2.24, 2.45) is 5.10 Å². The summed E-state index contributed by atoms with van der Waals surface area (Å²) in [6.45, 7) is 4.04. The molecule has 1 aromatic heterocycles. The van der Waals surface area contributed by atoms with E-state index in [-0.39, 0.29) is 11.7 Å². The van der Waals surface area contributed by atoms with E-state index in [1.165, 1.54) is 11.8 Å². The maximum absolute atomic E-state index is 11.5. The van der Waals surface area contributed by atoms with Gasteiger partial charge in [-0.3, -0.25) is 4.79 Å². The van der Waals surface area contributed by atoms with Crippen molar-refractivity contribution >= 4 is 12.1 Å². The molecular weight excluding hydrogens is 228 g/mol. The highest BCUT2D eigenvalue weighted by atomic mass is 16.3. The standard InChI is InChI=1S/C14H14N2O2/c1-10-5-6-12(11(2)8-10)9-15-16-14(17)13-4-3-7-18-13/h3-9H,1-2H3,(H,16,17)/b15-9+. The van der Waals surface area contributed by atoms with Gasteiger partial charge in [-0.25, -0.2) is 5.43 Å². The van der Waals surface area contributed by atoms with Gasteiger partial charge in [0.15, 0.2) is 5.76 Å². The van der Waals surface area contributed by atoms with Crippen LogP contribution in [0.4, 0.5) is 0 Å². The molecule has 18 heavy (non-hydrogen) atoms. The number of carbonyl (C=O) groups excluding carboxylic acids is 1. The fourth-order valence-electron chi connectivity index (χ4n) is 1.59. The molecular formula is C14H14N2O2. The van der Waals surface area contributed by atoms with E-state index < -0.39 is 0 Å². The first-order chi connectivity index (χ1) is 8.66. The average Bonchev–Trinajstić information content (AvgIpc) is 2.85. The van der Waals surface area contributed by atoms with Gasteiger partial charge in [0.05, 0.1) is 12.5 Å². The smallest absolute Gasteiger partial charge is 0.307 e. The normalized spacial score (nSPS) is 10.8. The monoisotopic (exact) mass is 242 g/mol. The average molecular weight is 242 g/mol.